The van der Waals surface area contributed by atoms with Crippen LogP contribution in [0.2, 0.25) is 0 Å². The number of para-hydroxylation sites is 1. The van der Waals surface area contributed by atoms with E-state index in [2.05, 4.69) is 5.16 Å². The maximum absolute atomic E-state index is 13.3. The average molecular weight is 480 g/mol. The van der Waals surface area contributed by atoms with E-state index < -0.39 is 23.5 Å². The normalized spacial score (nSPS) is 16.9. The lowest BCUT2D eigenvalue weighted by Gasteiger charge is -2.25. The van der Waals surface area contributed by atoms with Crippen molar-refractivity contribution >= 4 is 23.3 Å². The molecule has 35 heavy (non-hydrogen) atoms. The zero-order valence-electron chi connectivity index (χ0n) is 19.8. The fraction of sp³-hybridized carbons (Fsp3) is 0.240. The molecule has 1 amide bonds. The number of ketones is 1. The van der Waals surface area contributed by atoms with Crippen LogP contribution < -0.4 is 23.8 Å². The third-order valence-corrected chi connectivity index (χ3v) is 5.69. The van der Waals surface area contributed by atoms with Crippen molar-refractivity contribution < 1.29 is 38.2 Å². The van der Waals surface area contributed by atoms with Gasteiger partial charge >= 0.3 is 5.91 Å². The summed E-state index contributed by atoms with van der Waals surface area (Å²) in [7, 11) is 5.86. The van der Waals surface area contributed by atoms with Gasteiger partial charge in [0.25, 0.3) is 5.78 Å². The quantitative estimate of drug-likeness (QED) is 0.307. The van der Waals surface area contributed by atoms with Crippen LogP contribution in [0.1, 0.15) is 22.9 Å². The van der Waals surface area contributed by atoms with Gasteiger partial charge in [-0.1, -0.05) is 17.3 Å². The van der Waals surface area contributed by atoms with E-state index >= 15 is 0 Å². The smallest absolute Gasteiger partial charge is 0.301 e. The molecule has 1 aromatic heterocycles. The average Bonchev–Trinajstić information content (AvgIpc) is 3.42. The first kappa shape index (κ1) is 23.7. The second-order valence-electron chi connectivity index (χ2n) is 7.62. The summed E-state index contributed by atoms with van der Waals surface area (Å²) >= 11 is 0. The standard InChI is InChI=1S/C25H24N2O8/c1-13-11-19(26-35-13)27-21(15-7-6-8-17(32-3)24(15)34-5)20(23(29)25(27)30)22(28)14-9-10-16(31-2)18(12-14)33-4/h6-12,21,28H,1-5H3/t21-/m0/s1. The number of carbonyl (C=O) groups excluding carboxylic acids is 2. The lowest BCUT2D eigenvalue weighted by atomic mass is 9.94. The molecule has 10 nitrogen and oxygen atoms in total. The number of aromatic nitrogens is 1. The number of aryl methyl sites for hydroxylation is 1. The lowest BCUT2D eigenvalue weighted by molar-refractivity contribution is -0.132. The van der Waals surface area contributed by atoms with Crippen LogP contribution in [-0.4, -0.2) is 50.4 Å². The highest BCUT2D eigenvalue weighted by molar-refractivity contribution is 6.51. The molecule has 0 spiro atoms. The van der Waals surface area contributed by atoms with Gasteiger partial charge in [0.2, 0.25) is 0 Å². The predicted octanol–water partition coefficient (Wildman–Crippen LogP) is 3.64. The van der Waals surface area contributed by atoms with Gasteiger partial charge in [-0.05, 0) is 31.2 Å². The van der Waals surface area contributed by atoms with Crippen molar-refractivity contribution in [1.82, 2.24) is 5.16 Å². The SMILES string of the molecule is COc1ccc(C(O)=C2C(=O)C(=O)N(c3cc(C)on3)[C@H]2c2cccc(OC)c2OC)cc1OC. The van der Waals surface area contributed by atoms with Crippen LogP contribution in [0, 0.1) is 6.92 Å². The van der Waals surface area contributed by atoms with E-state index in [0.717, 1.165) is 0 Å². The van der Waals surface area contributed by atoms with E-state index in [1.54, 1.807) is 37.3 Å². The Morgan fingerprint density at radius 3 is 2.26 bits per heavy atom. The molecule has 2 heterocycles. The van der Waals surface area contributed by atoms with E-state index in [1.807, 2.05) is 0 Å². The van der Waals surface area contributed by atoms with Crippen LogP contribution in [0.25, 0.3) is 5.76 Å². The van der Waals surface area contributed by atoms with Gasteiger partial charge in [-0.25, -0.2) is 0 Å². The summed E-state index contributed by atoms with van der Waals surface area (Å²) < 4.78 is 26.7. The second kappa shape index (κ2) is 9.41. The molecule has 1 atom stereocenters. The van der Waals surface area contributed by atoms with Crippen molar-refractivity contribution in [1.29, 1.82) is 0 Å². The highest BCUT2D eigenvalue weighted by atomic mass is 16.5. The molecule has 1 aliphatic heterocycles. The van der Waals surface area contributed by atoms with Gasteiger partial charge in [0, 0.05) is 17.2 Å². The van der Waals surface area contributed by atoms with Gasteiger partial charge in [-0.2, -0.15) is 0 Å². The van der Waals surface area contributed by atoms with Gasteiger partial charge in [0.15, 0.2) is 28.8 Å². The number of rotatable bonds is 7. The number of hydrogen-bond acceptors (Lipinski definition) is 9. The molecule has 10 heteroatoms. The Labute approximate surface area is 201 Å². The van der Waals surface area contributed by atoms with E-state index in [9.17, 15) is 14.7 Å². The first-order valence-corrected chi connectivity index (χ1v) is 10.5. The number of aliphatic hydroxyl groups excluding tert-OH is 1. The summed E-state index contributed by atoms with van der Waals surface area (Å²) in [5.74, 6) is -0.153. The van der Waals surface area contributed by atoms with Crippen LogP contribution in [0.5, 0.6) is 23.0 Å². The largest absolute Gasteiger partial charge is 0.507 e. The first-order valence-electron chi connectivity index (χ1n) is 10.5. The molecule has 1 fully saturated rings. The molecule has 0 unspecified atom stereocenters. The summed E-state index contributed by atoms with van der Waals surface area (Å²) in [5, 5.41) is 15.3. The molecule has 0 saturated carbocycles. The number of benzene rings is 2. The Balaban J connectivity index is 2.00. The van der Waals surface area contributed by atoms with Crippen molar-refractivity contribution in [3.05, 3.63) is 64.9 Å². The molecular weight excluding hydrogens is 456 g/mol. The van der Waals surface area contributed by atoms with Crippen LogP contribution in [0.4, 0.5) is 5.82 Å². The Morgan fingerprint density at radius 2 is 1.66 bits per heavy atom. The fourth-order valence-corrected chi connectivity index (χ4v) is 4.10. The van der Waals surface area contributed by atoms with Crippen molar-refractivity contribution in [2.24, 2.45) is 0 Å². The number of aliphatic hydroxyl groups is 1. The van der Waals surface area contributed by atoms with Gasteiger partial charge in [0.1, 0.15) is 17.6 Å². The van der Waals surface area contributed by atoms with Crippen LogP contribution in [0.15, 0.2) is 52.6 Å². The molecule has 0 bridgehead atoms. The Kier molecular flexibility index (Phi) is 6.37. The van der Waals surface area contributed by atoms with E-state index in [-0.39, 0.29) is 17.0 Å². The van der Waals surface area contributed by atoms with Crippen LogP contribution in [0.3, 0.4) is 0 Å². The molecule has 182 valence electrons. The molecule has 2 aromatic carbocycles. The predicted molar refractivity (Wildman–Crippen MR) is 125 cm³/mol. The number of hydrogen-bond donors (Lipinski definition) is 1. The number of anilines is 1. The molecule has 3 aromatic rings. The third-order valence-electron chi connectivity index (χ3n) is 5.69. The summed E-state index contributed by atoms with van der Waals surface area (Å²) in [5.41, 5.74) is 0.506. The lowest BCUT2D eigenvalue weighted by Crippen LogP contribution is -2.30. The minimum absolute atomic E-state index is 0.117. The van der Waals surface area contributed by atoms with Crippen LogP contribution in [-0.2, 0) is 9.59 Å². The highest BCUT2D eigenvalue weighted by Crippen LogP contribution is 2.47. The monoisotopic (exact) mass is 480 g/mol. The third kappa shape index (κ3) is 3.92. The maximum Gasteiger partial charge on any atom is 0.301 e. The molecule has 0 radical (unpaired) electrons. The summed E-state index contributed by atoms with van der Waals surface area (Å²) in [4.78, 5) is 27.8. The van der Waals surface area contributed by atoms with Crippen molar-refractivity contribution in [2.75, 3.05) is 33.3 Å². The summed E-state index contributed by atoms with van der Waals surface area (Å²) in [6, 6.07) is 10.2. The molecular formula is C25H24N2O8. The Morgan fingerprint density at radius 1 is 0.943 bits per heavy atom. The number of nitrogens with zero attached hydrogens (tertiary/aromatic N) is 2. The zero-order valence-corrected chi connectivity index (χ0v) is 19.8. The van der Waals surface area contributed by atoms with Crippen molar-refractivity contribution in [2.45, 2.75) is 13.0 Å². The number of ether oxygens (including phenoxy) is 4. The van der Waals surface area contributed by atoms with E-state index in [0.29, 0.717) is 34.3 Å². The van der Waals surface area contributed by atoms with Gasteiger partial charge in [-0.15, -0.1) is 0 Å². The maximum atomic E-state index is 13.3. The molecule has 0 aliphatic carbocycles. The zero-order chi connectivity index (χ0) is 25.3. The van der Waals surface area contributed by atoms with Crippen molar-refractivity contribution in [3.63, 3.8) is 0 Å². The van der Waals surface area contributed by atoms with Gasteiger partial charge in [0.05, 0.1) is 34.0 Å². The number of amides is 1. The Bertz CT molecular complexity index is 1330. The fourth-order valence-electron chi connectivity index (χ4n) is 4.10. The number of Topliss-reactive ketones (excluding diaryl/α,β-unsaturated/α-hetero) is 1. The molecule has 1 saturated heterocycles. The first-order chi connectivity index (χ1) is 16.9. The molecule has 1 aliphatic rings. The van der Waals surface area contributed by atoms with Crippen molar-refractivity contribution in [3.8, 4) is 23.0 Å². The summed E-state index contributed by atoms with van der Waals surface area (Å²) in [6.45, 7) is 1.66. The second-order valence-corrected chi connectivity index (χ2v) is 7.62. The minimum Gasteiger partial charge on any atom is -0.507 e. The van der Waals surface area contributed by atoms with E-state index in [4.69, 9.17) is 23.5 Å². The van der Waals surface area contributed by atoms with Gasteiger partial charge < -0.3 is 28.6 Å². The van der Waals surface area contributed by atoms with E-state index in [1.165, 1.54) is 45.5 Å². The topological polar surface area (TPSA) is 121 Å². The highest BCUT2D eigenvalue weighted by Gasteiger charge is 2.49. The molecule has 4 rings (SSSR count). The number of methoxy groups -OCH3 is 4. The number of carbonyl (C=O) groups is 2. The van der Waals surface area contributed by atoms with Gasteiger partial charge in [-0.3, -0.25) is 14.5 Å². The Hall–Kier alpha value is -4.47. The van der Waals surface area contributed by atoms with Crippen LogP contribution >= 0.6 is 0 Å². The summed E-state index contributed by atoms with van der Waals surface area (Å²) in [6.07, 6.45) is 0. The molecule has 1 N–H and O–H groups in total. The minimum atomic E-state index is -1.09.